The molecule has 0 N–H and O–H groups in total. The number of hydrogen-bond donors (Lipinski definition) is 0. The average molecular weight is 497 g/mol. The molecule has 13 heteroatoms. The molecular formula is C19H13F6NO4S2. The second kappa shape index (κ2) is 8.35. The molecule has 1 aromatic carbocycles. The Morgan fingerprint density at radius 1 is 1.12 bits per heavy atom. The summed E-state index contributed by atoms with van der Waals surface area (Å²) < 4.78 is 88.9. The molecular weight excluding hydrogens is 484 g/mol. The van der Waals surface area contributed by atoms with Crippen molar-refractivity contribution in [2.45, 2.75) is 29.5 Å². The SMILES string of the molecule is COc1cc2c(OC(C)=O)c(C)n(C(=O)c3csc(SC(F)(F)C(F)(F)F)c3)c2cc1F. The van der Waals surface area contributed by atoms with Gasteiger partial charge in [-0.05, 0) is 30.8 Å². The van der Waals surface area contributed by atoms with Gasteiger partial charge in [0.25, 0.3) is 5.91 Å². The van der Waals surface area contributed by atoms with Crippen LogP contribution in [-0.2, 0) is 4.79 Å². The van der Waals surface area contributed by atoms with Gasteiger partial charge in [-0.15, -0.1) is 11.3 Å². The molecule has 3 aromatic rings. The van der Waals surface area contributed by atoms with Crippen LogP contribution in [0.2, 0.25) is 0 Å². The first kappa shape index (κ1) is 24.0. The lowest BCUT2D eigenvalue weighted by molar-refractivity contribution is -0.237. The zero-order chi connectivity index (χ0) is 24.0. The highest BCUT2D eigenvalue weighted by atomic mass is 32.2. The Kier molecular flexibility index (Phi) is 6.26. The van der Waals surface area contributed by atoms with E-state index in [-0.39, 0.29) is 33.7 Å². The number of thiophene rings is 1. The quantitative estimate of drug-likeness (QED) is 0.245. The maximum absolute atomic E-state index is 14.3. The minimum absolute atomic E-state index is 0.0110. The molecule has 32 heavy (non-hydrogen) atoms. The summed E-state index contributed by atoms with van der Waals surface area (Å²) >= 11 is -0.209. The number of carbonyl (C=O) groups is 2. The van der Waals surface area contributed by atoms with Gasteiger partial charge < -0.3 is 9.47 Å². The molecule has 0 spiro atoms. The Labute approximate surface area is 184 Å². The molecule has 2 aromatic heterocycles. The summed E-state index contributed by atoms with van der Waals surface area (Å²) in [7, 11) is 1.21. The van der Waals surface area contributed by atoms with Crippen molar-refractivity contribution in [1.29, 1.82) is 0 Å². The van der Waals surface area contributed by atoms with Crippen LogP contribution in [0.1, 0.15) is 23.0 Å². The normalized spacial score (nSPS) is 12.3. The van der Waals surface area contributed by atoms with Crippen molar-refractivity contribution in [3.8, 4) is 11.5 Å². The third-order valence-electron chi connectivity index (χ3n) is 4.25. The minimum Gasteiger partial charge on any atom is -0.494 e. The lowest BCUT2D eigenvalue weighted by Gasteiger charge is -2.17. The molecule has 0 aliphatic carbocycles. The van der Waals surface area contributed by atoms with Crippen LogP contribution in [0.15, 0.2) is 27.8 Å². The van der Waals surface area contributed by atoms with Gasteiger partial charge in [-0.25, -0.2) is 4.39 Å². The number of thioether (sulfide) groups is 1. The molecule has 0 unspecified atom stereocenters. The average Bonchev–Trinajstić information content (AvgIpc) is 3.22. The van der Waals surface area contributed by atoms with E-state index < -0.39 is 45.1 Å². The van der Waals surface area contributed by atoms with E-state index in [4.69, 9.17) is 9.47 Å². The Hall–Kier alpha value is -2.67. The Bertz CT molecular complexity index is 1210. The third-order valence-corrected chi connectivity index (χ3v) is 6.32. The van der Waals surface area contributed by atoms with Crippen molar-refractivity contribution in [2.75, 3.05) is 7.11 Å². The van der Waals surface area contributed by atoms with Crippen LogP contribution in [0.5, 0.6) is 11.5 Å². The largest absolute Gasteiger partial charge is 0.494 e. The predicted octanol–water partition coefficient (Wildman–Crippen LogP) is 6.02. The van der Waals surface area contributed by atoms with Crippen LogP contribution in [0.25, 0.3) is 10.9 Å². The number of aromatic nitrogens is 1. The number of nitrogens with zero attached hydrogens (tertiary/aromatic N) is 1. The van der Waals surface area contributed by atoms with Crippen LogP contribution < -0.4 is 9.47 Å². The molecule has 0 aliphatic rings. The van der Waals surface area contributed by atoms with Gasteiger partial charge in [0, 0.05) is 23.8 Å². The summed E-state index contributed by atoms with van der Waals surface area (Å²) in [4.78, 5) is 24.6. The van der Waals surface area contributed by atoms with Gasteiger partial charge in [0.05, 0.1) is 28.1 Å². The Morgan fingerprint density at radius 2 is 1.78 bits per heavy atom. The van der Waals surface area contributed by atoms with Crippen molar-refractivity contribution in [3.05, 3.63) is 40.7 Å². The van der Waals surface area contributed by atoms with Crippen molar-refractivity contribution >= 4 is 45.9 Å². The first-order valence-corrected chi connectivity index (χ1v) is 10.3. The van der Waals surface area contributed by atoms with Crippen LogP contribution >= 0.6 is 23.1 Å². The highest BCUT2D eigenvalue weighted by molar-refractivity contribution is 8.02. The van der Waals surface area contributed by atoms with Gasteiger partial charge in [0.15, 0.2) is 17.3 Å². The maximum Gasteiger partial charge on any atom is 0.464 e. The second-order valence-electron chi connectivity index (χ2n) is 6.42. The van der Waals surface area contributed by atoms with Crippen LogP contribution in [0.3, 0.4) is 0 Å². The van der Waals surface area contributed by atoms with E-state index in [9.17, 15) is 35.9 Å². The minimum atomic E-state index is -5.77. The number of benzene rings is 1. The molecule has 0 radical (unpaired) electrons. The summed E-state index contributed by atoms with van der Waals surface area (Å²) in [6, 6.07) is 3.07. The molecule has 2 heterocycles. The molecule has 0 bridgehead atoms. The topological polar surface area (TPSA) is 57.5 Å². The highest BCUT2D eigenvalue weighted by Crippen LogP contribution is 2.49. The van der Waals surface area contributed by atoms with Gasteiger partial charge in [0.1, 0.15) is 0 Å². The molecule has 5 nitrogen and oxygen atoms in total. The molecule has 3 rings (SSSR count). The van der Waals surface area contributed by atoms with Gasteiger partial charge in [-0.3, -0.25) is 14.2 Å². The van der Waals surface area contributed by atoms with Gasteiger partial charge >= 0.3 is 17.4 Å². The molecule has 0 atom stereocenters. The number of alkyl halides is 5. The number of halogens is 6. The second-order valence-corrected chi connectivity index (χ2v) is 8.75. The summed E-state index contributed by atoms with van der Waals surface area (Å²) in [6.07, 6.45) is -5.77. The zero-order valence-corrected chi connectivity index (χ0v) is 18.1. The van der Waals surface area contributed by atoms with E-state index in [1.54, 1.807) is 0 Å². The fraction of sp³-hybridized carbons (Fsp3) is 0.263. The predicted molar refractivity (Wildman–Crippen MR) is 105 cm³/mol. The van der Waals surface area contributed by atoms with E-state index >= 15 is 0 Å². The van der Waals surface area contributed by atoms with Gasteiger partial charge in [-0.1, -0.05) is 0 Å². The number of esters is 1. The van der Waals surface area contributed by atoms with Crippen LogP contribution in [0.4, 0.5) is 26.3 Å². The Morgan fingerprint density at radius 3 is 2.34 bits per heavy atom. The highest BCUT2D eigenvalue weighted by Gasteiger charge is 2.58. The smallest absolute Gasteiger partial charge is 0.464 e. The van der Waals surface area contributed by atoms with Crippen LogP contribution in [0, 0.1) is 12.7 Å². The lowest BCUT2D eigenvalue weighted by Crippen LogP contribution is -2.32. The van der Waals surface area contributed by atoms with Gasteiger partial charge in [0.2, 0.25) is 0 Å². The van der Waals surface area contributed by atoms with Gasteiger partial charge in [-0.2, -0.15) is 22.0 Å². The third kappa shape index (κ3) is 4.31. The maximum atomic E-state index is 14.3. The number of methoxy groups -OCH3 is 1. The van der Waals surface area contributed by atoms with Crippen molar-refractivity contribution in [2.24, 2.45) is 0 Å². The fourth-order valence-electron chi connectivity index (χ4n) is 2.87. The molecule has 0 aliphatic heterocycles. The zero-order valence-electron chi connectivity index (χ0n) is 16.5. The monoisotopic (exact) mass is 497 g/mol. The van der Waals surface area contributed by atoms with E-state index in [0.29, 0.717) is 11.3 Å². The van der Waals surface area contributed by atoms with Crippen LogP contribution in [-0.4, -0.2) is 35.0 Å². The van der Waals surface area contributed by atoms with E-state index in [0.717, 1.165) is 29.0 Å². The number of hydrogen-bond acceptors (Lipinski definition) is 6. The molecule has 172 valence electrons. The summed E-state index contributed by atoms with van der Waals surface area (Å²) in [5.74, 6) is -2.61. The molecule has 0 amide bonds. The van der Waals surface area contributed by atoms with Crippen molar-refractivity contribution < 1.29 is 45.4 Å². The van der Waals surface area contributed by atoms with Crippen molar-refractivity contribution in [3.63, 3.8) is 0 Å². The number of fused-ring (bicyclic) bond motifs is 1. The summed E-state index contributed by atoms with van der Waals surface area (Å²) in [5.41, 5.74) is -0.127. The first-order chi connectivity index (χ1) is 14.8. The molecule has 0 saturated heterocycles. The van der Waals surface area contributed by atoms with Crippen molar-refractivity contribution in [1.82, 2.24) is 4.57 Å². The Balaban J connectivity index is 2.09. The standard InChI is InChI=1S/C19H13F6NO4S2/c1-8-16(30-9(2)27)11-5-14(29-3)12(20)6-13(11)26(8)17(28)10-4-15(31-7-10)32-19(24,25)18(21,22)23/h4-7H,1-3H3. The number of rotatable bonds is 5. The summed E-state index contributed by atoms with van der Waals surface area (Å²) in [5, 5.41) is -3.78. The van der Waals surface area contributed by atoms with E-state index in [2.05, 4.69) is 0 Å². The summed E-state index contributed by atoms with van der Waals surface area (Å²) in [6.45, 7) is 2.52. The van der Waals surface area contributed by atoms with E-state index in [1.165, 1.54) is 20.1 Å². The lowest BCUT2D eigenvalue weighted by atomic mass is 10.2. The molecule has 0 saturated carbocycles. The van der Waals surface area contributed by atoms with E-state index in [1.807, 2.05) is 0 Å². The fourth-order valence-corrected chi connectivity index (χ4v) is 4.69. The number of carbonyl (C=O) groups excluding carboxylic acids is 2. The first-order valence-electron chi connectivity index (χ1n) is 8.60. The number of ether oxygens (including phenoxy) is 2. The molecule has 0 fully saturated rings.